The number of halogens is 2. The molecule has 1 aromatic heterocycles. The summed E-state index contributed by atoms with van der Waals surface area (Å²) in [4.78, 5) is 40.7. The number of esters is 1. The molecular formula is C24H22Br2N4O6. The molecular weight excluding hydrogens is 600 g/mol. The summed E-state index contributed by atoms with van der Waals surface area (Å²) in [5, 5.41) is 16.5. The number of methoxy groups -OCH3 is 1. The third-order valence-corrected chi connectivity index (χ3v) is 7.01. The quantitative estimate of drug-likeness (QED) is 0.151. The van der Waals surface area contributed by atoms with Gasteiger partial charge in [-0.05, 0) is 53.0 Å². The van der Waals surface area contributed by atoms with Crippen molar-refractivity contribution >= 4 is 60.6 Å². The summed E-state index contributed by atoms with van der Waals surface area (Å²) in [5.74, 6) is -0.115. The van der Waals surface area contributed by atoms with E-state index >= 15 is 0 Å². The van der Waals surface area contributed by atoms with Crippen LogP contribution in [0.3, 0.4) is 0 Å². The maximum Gasteiger partial charge on any atom is 0.343 e. The van der Waals surface area contributed by atoms with E-state index < -0.39 is 17.5 Å². The Bertz CT molecular complexity index is 1420. The molecule has 0 saturated heterocycles. The number of hydrogen-bond acceptors (Lipinski definition) is 8. The number of carbonyl (C=O) groups is 1. The van der Waals surface area contributed by atoms with Crippen LogP contribution in [0.1, 0.15) is 49.4 Å². The van der Waals surface area contributed by atoms with Crippen molar-refractivity contribution < 1.29 is 19.2 Å². The van der Waals surface area contributed by atoms with E-state index in [1.165, 1.54) is 24.1 Å². The highest BCUT2D eigenvalue weighted by Gasteiger charge is 2.24. The average molecular weight is 622 g/mol. The molecule has 1 heterocycles. The molecule has 0 aliphatic heterocycles. The molecule has 12 heteroatoms. The number of rotatable bonds is 7. The zero-order chi connectivity index (χ0) is 25.8. The highest BCUT2D eigenvalue weighted by molar-refractivity contribution is 9.10. The minimum absolute atomic E-state index is 0.0896. The van der Waals surface area contributed by atoms with Gasteiger partial charge >= 0.3 is 11.7 Å². The van der Waals surface area contributed by atoms with Gasteiger partial charge in [-0.2, -0.15) is 9.78 Å². The van der Waals surface area contributed by atoms with Gasteiger partial charge in [-0.1, -0.05) is 35.2 Å². The lowest BCUT2D eigenvalue weighted by atomic mass is 9.88. The molecule has 1 aliphatic carbocycles. The number of nitro groups is 1. The summed E-state index contributed by atoms with van der Waals surface area (Å²) in [7, 11) is 1.19. The van der Waals surface area contributed by atoms with E-state index in [4.69, 9.17) is 9.72 Å². The normalized spacial score (nSPS) is 14.3. The number of fused-ring (bicyclic) bond motifs is 1. The largest absolute Gasteiger partial charge is 0.474 e. The van der Waals surface area contributed by atoms with Crippen LogP contribution in [0, 0.1) is 10.1 Å². The average Bonchev–Trinajstić information content (AvgIpc) is 2.87. The Morgan fingerprint density at radius 3 is 2.69 bits per heavy atom. The van der Waals surface area contributed by atoms with Crippen LogP contribution in [-0.4, -0.2) is 40.5 Å². The lowest BCUT2D eigenvalue weighted by Crippen LogP contribution is -2.25. The van der Waals surface area contributed by atoms with Gasteiger partial charge in [0.2, 0.25) is 5.75 Å². The highest BCUT2D eigenvalue weighted by atomic mass is 79.9. The molecule has 10 nitrogen and oxygen atoms in total. The number of hydrogen-bond donors (Lipinski definition) is 0. The molecule has 0 N–H and O–H groups in total. The van der Waals surface area contributed by atoms with Crippen LogP contribution >= 0.6 is 31.9 Å². The first-order valence-electron chi connectivity index (χ1n) is 11.2. The number of benzene rings is 2. The molecule has 0 spiro atoms. The Morgan fingerprint density at radius 1 is 1.25 bits per heavy atom. The van der Waals surface area contributed by atoms with Gasteiger partial charge in [0.15, 0.2) is 6.61 Å². The molecule has 2 aromatic carbocycles. The van der Waals surface area contributed by atoms with Crippen molar-refractivity contribution in [3.05, 3.63) is 71.1 Å². The summed E-state index contributed by atoms with van der Waals surface area (Å²) in [6, 6.07) is 8.16. The zero-order valence-electron chi connectivity index (χ0n) is 19.3. The predicted octanol–water partition coefficient (Wildman–Crippen LogP) is 5.31. The third-order valence-electron chi connectivity index (χ3n) is 5.93. The lowest BCUT2D eigenvalue weighted by Gasteiger charge is -2.22. The van der Waals surface area contributed by atoms with Crippen LogP contribution < -0.4 is 10.3 Å². The van der Waals surface area contributed by atoms with Crippen molar-refractivity contribution in [1.82, 2.24) is 9.66 Å². The molecule has 0 radical (unpaired) electrons. The molecule has 0 amide bonds. The second-order valence-corrected chi connectivity index (χ2v) is 10.1. The van der Waals surface area contributed by atoms with Crippen molar-refractivity contribution in [3.8, 4) is 5.75 Å². The number of carbonyl (C=O) groups excluding carboxylic acids is 1. The van der Waals surface area contributed by atoms with Gasteiger partial charge in [0.05, 0.1) is 33.6 Å². The summed E-state index contributed by atoms with van der Waals surface area (Å²) in [6.07, 6.45) is 6.44. The first-order chi connectivity index (χ1) is 17.3. The maximum atomic E-state index is 13.4. The fraction of sp³-hybridized carbons (Fsp3) is 0.333. The van der Waals surface area contributed by atoms with Crippen molar-refractivity contribution in [1.29, 1.82) is 0 Å². The summed E-state index contributed by atoms with van der Waals surface area (Å²) in [5.41, 5.74) is 0.274. The van der Waals surface area contributed by atoms with Crippen LogP contribution in [0.2, 0.25) is 0 Å². The van der Waals surface area contributed by atoms with E-state index in [1.54, 1.807) is 18.2 Å². The summed E-state index contributed by atoms with van der Waals surface area (Å²) >= 11 is 6.67. The van der Waals surface area contributed by atoms with Crippen LogP contribution in [-0.2, 0) is 9.53 Å². The SMILES string of the molecule is COC(=O)COc1c(Br)cc(C=Nn2c(C3CCCCC3)nc3ccc(Br)cc3c2=O)cc1[N+](=O)[O-]. The van der Waals surface area contributed by atoms with Gasteiger partial charge < -0.3 is 9.47 Å². The monoisotopic (exact) mass is 620 g/mol. The summed E-state index contributed by atoms with van der Waals surface area (Å²) in [6.45, 7) is -0.484. The Morgan fingerprint density at radius 2 is 2.00 bits per heavy atom. The molecule has 36 heavy (non-hydrogen) atoms. The van der Waals surface area contributed by atoms with Crippen molar-refractivity contribution in [2.24, 2.45) is 5.10 Å². The van der Waals surface area contributed by atoms with E-state index in [-0.39, 0.29) is 27.4 Å². The van der Waals surface area contributed by atoms with Gasteiger partial charge in [-0.25, -0.2) is 9.78 Å². The molecule has 3 aromatic rings. The zero-order valence-corrected chi connectivity index (χ0v) is 22.5. The van der Waals surface area contributed by atoms with Crippen LogP contribution in [0.15, 0.2) is 49.2 Å². The van der Waals surface area contributed by atoms with Gasteiger partial charge in [0.25, 0.3) is 5.56 Å². The molecule has 1 saturated carbocycles. The van der Waals surface area contributed by atoms with E-state index in [1.807, 2.05) is 6.07 Å². The van der Waals surface area contributed by atoms with E-state index in [2.05, 4.69) is 41.7 Å². The molecule has 0 unspecified atom stereocenters. The van der Waals surface area contributed by atoms with E-state index in [9.17, 15) is 19.7 Å². The second kappa shape index (κ2) is 11.3. The lowest BCUT2D eigenvalue weighted by molar-refractivity contribution is -0.385. The number of nitrogens with zero attached hydrogens (tertiary/aromatic N) is 4. The molecule has 1 aliphatic rings. The Labute approximate surface area is 222 Å². The third kappa shape index (κ3) is 5.65. The first-order valence-corrected chi connectivity index (χ1v) is 12.8. The molecule has 0 atom stereocenters. The fourth-order valence-corrected chi connectivity index (χ4v) is 5.11. The van der Waals surface area contributed by atoms with Gasteiger partial charge in [0, 0.05) is 22.0 Å². The summed E-state index contributed by atoms with van der Waals surface area (Å²) < 4.78 is 12.1. The second-order valence-electron chi connectivity index (χ2n) is 8.30. The van der Waals surface area contributed by atoms with Gasteiger partial charge in [-0.3, -0.25) is 14.9 Å². The van der Waals surface area contributed by atoms with Crippen molar-refractivity contribution in [2.75, 3.05) is 13.7 Å². The van der Waals surface area contributed by atoms with Crippen LogP contribution in [0.25, 0.3) is 10.9 Å². The smallest absolute Gasteiger partial charge is 0.343 e. The standard InChI is InChI=1S/C24H22Br2N4O6/c1-35-21(31)13-36-22-18(26)9-14(10-20(22)30(33)34)12-27-29-23(15-5-3-2-4-6-15)28-19-8-7-16(25)11-17(19)24(29)32/h7-12,15H,2-6,13H2,1H3. The van der Waals surface area contributed by atoms with Crippen molar-refractivity contribution in [2.45, 2.75) is 38.0 Å². The molecule has 188 valence electrons. The number of aromatic nitrogens is 2. The maximum absolute atomic E-state index is 13.4. The van der Waals surface area contributed by atoms with E-state index in [0.29, 0.717) is 22.3 Å². The van der Waals surface area contributed by atoms with Crippen LogP contribution in [0.4, 0.5) is 5.69 Å². The number of nitro benzene ring substituents is 1. The predicted molar refractivity (Wildman–Crippen MR) is 141 cm³/mol. The Hall–Kier alpha value is -3.12. The van der Waals surface area contributed by atoms with Gasteiger partial charge in [-0.15, -0.1) is 0 Å². The fourth-order valence-electron chi connectivity index (χ4n) is 4.17. The molecule has 4 rings (SSSR count). The van der Waals surface area contributed by atoms with Crippen LogP contribution in [0.5, 0.6) is 5.75 Å². The Kier molecular flexibility index (Phi) is 8.14. The van der Waals surface area contributed by atoms with E-state index in [0.717, 1.165) is 36.6 Å². The molecule has 0 bridgehead atoms. The minimum Gasteiger partial charge on any atom is -0.474 e. The first kappa shape index (κ1) is 26.0. The molecule has 1 fully saturated rings. The minimum atomic E-state index is -0.674. The topological polar surface area (TPSA) is 126 Å². The van der Waals surface area contributed by atoms with Gasteiger partial charge in [0.1, 0.15) is 5.82 Å². The Balaban J connectivity index is 1.78. The number of ether oxygens (including phenoxy) is 2. The van der Waals surface area contributed by atoms with Crippen molar-refractivity contribution in [3.63, 3.8) is 0 Å². The highest BCUT2D eigenvalue weighted by Crippen LogP contribution is 2.36.